The summed E-state index contributed by atoms with van der Waals surface area (Å²) in [5.74, 6) is -0.653. The van der Waals surface area contributed by atoms with Gasteiger partial charge in [0.25, 0.3) is 0 Å². The first kappa shape index (κ1) is 61.9. The second-order valence-electron chi connectivity index (χ2n) is 16.8. The fourth-order valence-electron chi connectivity index (χ4n) is 6.70. The van der Waals surface area contributed by atoms with E-state index in [1.165, 1.54) is 116 Å². The maximum Gasteiger partial charge on any atom is 0.472 e. The molecule has 0 aromatic rings. The van der Waals surface area contributed by atoms with E-state index in [0.29, 0.717) is 12.8 Å². The molecule has 0 aliphatic rings. The summed E-state index contributed by atoms with van der Waals surface area (Å²) in [6, 6.07) is 0. The van der Waals surface area contributed by atoms with Crippen LogP contribution < -0.4 is 5.32 Å². The third kappa shape index (κ3) is 51.8. The van der Waals surface area contributed by atoms with Crippen molar-refractivity contribution in [3.63, 3.8) is 0 Å². The van der Waals surface area contributed by atoms with E-state index in [2.05, 4.69) is 98.2 Å². The number of rotatable bonds is 47. The van der Waals surface area contributed by atoms with Gasteiger partial charge < -0.3 is 20.1 Å². The average Bonchev–Trinajstić information content (AvgIpc) is 3.29. The van der Waals surface area contributed by atoms with Gasteiger partial charge in [0.15, 0.2) is 0 Å². The molecule has 2 unspecified atom stereocenters. The molecule has 65 heavy (non-hydrogen) atoms. The molecule has 372 valence electrons. The number of ether oxygens (including phenoxy) is 1. The van der Waals surface area contributed by atoms with Crippen molar-refractivity contribution in [3.8, 4) is 0 Å². The SMILES string of the molecule is CC/C=C\C/C=C\C/C=C\C/C=C\C/C=C\C/C=C\C/C=C\CC(=O)OCC(O)COP(=O)(O)OCCNC(=O)CCCCCCCCCCCCCCC/C=C/CCCCCCCC. The van der Waals surface area contributed by atoms with Crippen LogP contribution in [0.15, 0.2) is 97.2 Å². The number of esters is 1. The highest BCUT2D eigenvalue weighted by Crippen LogP contribution is 2.42. The lowest BCUT2D eigenvalue weighted by Gasteiger charge is -2.15. The Morgan fingerprint density at radius 1 is 0.508 bits per heavy atom. The summed E-state index contributed by atoms with van der Waals surface area (Å²) in [6.45, 7) is 3.33. The molecule has 2 atom stereocenters. The highest BCUT2D eigenvalue weighted by Gasteiger charge is 2.23. The molecule has 0 fully saturated rings. The molecule has 0 spiro atoms. The number of amides is 1. The monoisotopic (exact) mass is 928 g/mol. The van der Waals surface area contributed by atoms with Crippen molar-refractivity contribution in [2.75, 3.05) is 26.4 Å². The molecule has 0 radical (unpaired) electrons. The lowest BCUT2D eigenvalue weighted by Crippen LogP contribution is -2.27. The van der Waals surface area contributed by atoms with Crippen molar-refractivity contribution in [1.29, 1.82) is 0 Å². The van der Waals surface area contributed by atoms with Crippen LogP contribution in [0.1, 0.15) is 206 Å². The Bertz CT molecular complexity index is 1380. The summed E-state index contributed by atoms with van der Waals surface area (Å²) in [4.78, 5) is 34.0. The highest BCUT2D eigenvalue weighted by molar-refractivity contribution is 7.47. The van der Waals surface area contributed by atoms with E-state index in [0.717, 1.165) is 57.8 Å². The molecule has 0 aliphatic heterocycles. The summed E-state index contributed by atoms with van der Waals surface area (Å²) in [7, 11) is -4.45. The topological polar surface area (TPSA) is 131 Å². The van der Waals surface area contributed by atoms with Gasteiger partial charge in [-0.2, -0.15) is 0 Å². The third-order valence-corrected chi connectivity index (χ3v) is 11.5. The van der Waals surface area contributed by atoms with Crippen molar-refractivity contribution < 1.29 is 37.9 Å². The summed E-state index contributed by atoms with van der Waals surface area (Å²) < 4.78 is 26.9. The van der Waals surface area contributed by atoms with E-state index >= 15 is 0 Å². The molecule has 10 heteroatoms. The van der Waals surface area contributed by atoms with Crippen LogP contribution >= 0.6 is 7.82 Å². The van der Waals surface area contributed by atoms with E-state index in [1.54, 1.807) is 6.08 Å². The summed E-state index contributed by atoms with van der Waals surface area (Å²) >= 11 is 0. The van der Waals surface area contributed by atoms with Crippen molar-refractivity contribution in [1.82, 2.24) is 5.32 Å². The van der Waals surface area contributed by atoms with Gasteiger partial charge in [0.05, 0.1) is 19.6 Å². The van der Waals surface area contributed by atoms with Crippen LogP contribution in [0, 0.1) is 0 Å². The Morgan fingerprint density at radius 2 is 0.908 bits per heavy atom. The van der Waals surface area contributed by atoms with Crippen molar-refractivity contribution >= 4 is 19.7 Å². The minimum atomic E-state index is -4.45. The zero-order valence-corrected chi connectivity index (χ0v) is 42.0. The smallest absolute Gasteiger partial charge is 0.463 e. The van der Waals surface area contributed by atoms with E-state index < -0.39 is 26.5 Å². The standard InChI is InChI=1S/C55H94NO8P/c1-3-5-7-9-11-13-15-17-19-21-23-25-26-28-29-31-33-35-37-39-41-43-45-47-54(58)56-49-50-63-65(60,61)64-52-53(57)51-62-55(59)48-46-44-42-40-38-36-34-32-30-27-24-22-20-18-16-14-12-10-8-6-4-2/h6,8,12,14,17-20,24,27,32,34,38,40,44,46,53,57H,3-5,7,9-11,13,15-16,21-23,25-26,28-31,33,35-37,39,41-43,45,47-52H2,1-2H3,(H,56,58)(H,60,61)/b8-6-,14-12-,19-17+,20-18-,27-24-,34-32-,40-38-,46-44-. The van der Waals surface area contributed by atoms with Crippen LogP contribution in [0.4, 0.5) is 0 Å². The number of aliphatic hydroxyl groups is 1. The predicted molar refractivity (Wildman–Crippen MR) is 275 cm³/mol. The zero-order valence-electron chi connectivity index (χ0n) is 41.1. The number of carbonyl (C=O) groups is 2. The summed E-state index contributed by atoms with van der Waals surface area (Å²) in [5, 5.41) is 12.7. The van der Waals surface area contributed by atoms with Gasteiger partial charge in [-0.3, -0.25) is 18.6 Å². The first-order valence-electron chi connectivity index (χ1n) is 25.7. The molecule has 0 rings (SSSR count). The van der Waals surface area contributed by atoms with Crippen LogP contribution in [0.25, 0.3) is 0 Å². The maximum atomic E-state index is 12.1. The Hall–Kier alpha value is -3.07. The van der Waals surface area contributed by atoms with Gasteiger partial charge in [-0.1, -0.05) is 214 Å². The fourth-order valence-corrected chi connectivity index (χ4v) is 7.45. The Kier molecular flexibility index (Phi) is 48.0. The zero-order chi connectivity index (χ0) is 47.4. The Morgan fingerprint density at radius 3 is 1.35 bits per heavy atom. The second-order valence-corrected chi connectivity index (χ2v) is 18.2. The van der Waals surface area contributed by atoms with E-state index in [9.17, 15) is 24.2 Å². The molecule has 9 nitrogen and oxygen atoms in total. The van der Waals surface area contributed by atoms with Crippen LogP contribution in [0.2, 0.25) is 0 Å². The van der Waals surface area contributed by atoms with Gasteiger partial charge in [-0.15, -0.1) is 0 Å². The number of phosphoric acid groups is 1. The number of allylic oxidation sites excluding steroid dienone is 15. The second kappa shape index (κ2) is 50.3. The minimum Gasteiger partial charge on any atom is -0.463 e. The van der Waals surface area contributed by atoms with Crippen molar-refractivity contribution in [2.24, 2.45) is 0 Å². The molecule has 0 aliphatic carbocycles. The van der Waals surface area contributed by atoms with Gasteiger partial charge >= 0.3 is 13.8 Å². The van der Waals surface area contributed by atoms with Gasteiger partial charge in [-0.25, -0.2) is 4.57 Å². The number of nitrogens with one attached hydrogen (secondary N) is 1. The van der Waals surface area contributed by atoms with Gasteiger partial charge in [0.1, 0.15) is 12.7 Å². The van der Waals surface area contributed by atoms with Gasteiger partial charge in [0.2, 0.25) is 5.91 Å². The minimum absolute atomic E-state index is 0.0437. The quantitative estimate of drug-likeness (QED) is 0.0238. The van der Waals surface area contributed by atoms with E-state index in [1.807, 2.05) is 12.2 Å². The number of hydrogen-bond donors (Lipinski definition) is 3. The number of unbranched alkanes of at least 4 members (excludes halogenated alkanes) is 19. The molecule has 0 bridgehead atoms. The third-order valence-electron chi connectivity index (χ3n) is 10.5. The Balaban J connectivity index is 3.67. The van der Waals surface area contributed by atoms with Crippen LogP contribution in [0.3, 0.4) is 0 Å². The normalized spacial score (nSPS) is 14.0. The maximum absolute atomic E-state index is 12.1. The van der Waals surface area contributed by atoms with Crippen LogP contribution in [0.5, 0.6) is 0 Å². The molecule has 0 aromatic heterocycles. The van der Waals surface area contributed by atoms with Crippen LogP contribution in [-0.4, -0.2) is 54.3 Å². The van der Waals surface area contributed by atoms with Crippen LogP contribution in [-0.2, 0) is 27.9 Å². The molecule has 0 aromatic carbocycles. The highest BCUT2D eigenvalue weighted by atomic mass is 31.2. The first-order valence-corrected chi connectivity index (χ1v) is 27.2. The van der Waals surface area contributed by atoms with Crippen molar-refractivity contribution in [2.45, 2.75) is 213 Å². The fraction of sp³-hybridized carbons (Fsp3) is 0.673. The van der Waals surface area contributed by atoms with E-state index in [4.69, 9.17) is 13.8 Å². The molecule has 1 amide bonds. The molecular weight excluding hydrogens is 834 g/mol. The largest absolute Gasteiger partial charge is 0.472 e. The average molecular weight is 928 g/mol. The summed E-state index contributed by atoms with van der Waals surface area (Å²) in [6.07, 6.45) is 66.6. The van der Waals surface area contributed by atoms with Crippen molar-refractivity contribution in [3.05, 3.63) is 97.2 Å². The lowest BCUT2D eigenvalue weighted by molar-refractivity contribution is -0.146. The lowest BCUT2D eigenvalue weighted by atomic mass is 10.0. The molecule has 0 saturated heterocycles. The number of carbonyl (C=O) groups excluding carboxylic acids is 2. The van der Waals surface area contributed by atoms with Gasteiger partial charge in [-0.05, 0) is 77.0 Å². The predicted octanol–water partition coefficient (Wildman–Crippen LogP) is 15.3. The van der Waals surface area contributed by atoms with E-state index in [-0.39, 0.29) is 32.1 Å². The molecule has 0 saturated carbocycles. The molecule has 3 N–H and O–H groups in total. The van der Waals surface area contributed by atoms with Gasteiger partial charge in [0, 0.05) is 13.0 Å². The number of phosphoric ester groups is 1. The summed E-state index contributed by atoms with van der Waals surface area (Å²) in [5.41, 5.74) is 0. The first-order chi connectivity index (χ1) is 31.8. The Labute approximate surface area is 397 Å². The molecule has 0 heterocycles. The number of aliphatic hydroxyl groups excluding tert-OH is 1. The number of hydrogen-bond acceptors (Lipinski definition) is 7. The molecular formula is C55H94NO8P.